The highest BCUT2D eigenvalue weighted by Crippen LogP contribution is 2.37. The number of amides is 1. The van der Waals surface area contributed by atoms with E-state index >= 15 is 0 Å². The van der Waals surface area contributed by atoms with E-state index in [-0.39, 0.29) is 5.91 Å². The highest BCUT2D eigenvalue weighted by atomic mass is 35.5. The molecule has 1 aliphatic carbocycles. The predicted octanol–water partition coefficient (Wildman–Crippen LogP) is 1.63. The molecular weight excluding hydrogens is 214 g/mol. The predicted molar refractivity (Wildman–Crippen MR) is 57.8 cm³/mol. The van der Waals surface area contributed by atoms with Crippen LogP contribution in [0.15, 0.2) is 12.5 Å². The van der Waals surface area contributed by atoms with Crippen molar-refractivity contribution in [3.63, 3.8) is 0 Å². The molecule has 1 atom stereocenters. The average molecular weight is 228 g/mol. The van der Waals surface area contributed by atoms with Crippen molar-refractivity contribution in [2.75, 3.05) is 6.54 Å². The Bertz CT molecular complexity index is 359. The van der Waals surface area contributed by atoms with Gasteiger partial charge >= 0.3 is 0 Å². The molecule has 0 spiro atoms. The standard InChI is InChI=1S/C10H14ClN3O/c1-2-13-10(15)9(11)8-5-12-6-14(8)7-3-4-7/h5-7,9H,2-4H2,1H3,(H,13,15). The van der Waals surface area contributed by atoms with Gasteiger partial charge in [-0.1, -0.05) is 0 Å². The molecule has 1 fully saturated rings. The summed E-state index contributed by atoms with van der Waals surface area (Å²) in [4.78, 5) is 15.6. The molecule has 1 saturated carbocycles. The number of nitrogens with one attached hydrogen (secondary N) is 1. The maximum atomic E-state index is 11.6. The van der Waals surface area contributed by atoms with Gasteiger partial charge in [0.15, 0.2) is 5.38 Å². The van der Waals surface area contributed by atoms with Gasteiger partial charge in [-0.2, -0.15) is 0 Å². The van der Waals surface area contributed by atoms with Gasteiger partial charge in [0.1, 0.15) is 0 Å². The molecule has 5 heteroatoms. The van der Waals surface area contributed by atoms with Crippen LogP contribution in [0.3, 0.4) is 0 Å². The molecule has 1 aromatic heterocycles. The van der Waals surface area contributed by atoms with Crippen LogP contribution in [-0.2, 0) is 4.79 Å². The number of alkyl halides is 1. The lowest BCUT2D eigenvalue weighted by Crippen LogP contribution is -2.27. The Labute approximate surface area is 93.6 Å². The average Bonchev–Trinajstić information content (AvgIpc) is 2.96. The smallest absolute Gasteiger partial charge is 0.244 e. The number of aromatic nitrogens is 2. The topological polar surface area (TPSA) is 46.9 Å². The summed E-state index contributed by atoms with van der Waals surface area (Å²) in [5.74, 6) is -0.151. The van der Waals surface area contributed by atoms with Gasteiger partial charge in [0.2, 0.25) is 5.91 Å². The molecule has 1 aliphatic rings. The van der Waals surface area contributed by atoms with Gasteiger partial charge in [0.05, 0.1) is 18.2 Å². The molecule has 1 heterocycles. The zero-order valence-corrected chi connectivity index (χ0v) is 9.37. The summed E-state index contributed by atoms with van der Waals surface area (Å²) in [5.41, 5.74) is 0.796. The second kappa shape index (κ2) is 4.23. The van der Waals surface area contributed by atoms with Gasteiger partial charge in [-0.25, -0.2) is 4.98 Å². The molecule has 0 saturated heterocycles. The first kappa shape index (κ1) is 10.5. The van der Waals surface area contributed by atoms with E-state index in [4.69, 9.17) is 11.6 Å². The number of likely N-dealkylation sites (N-methyl/N-ethyl adjacent to an activating group) is 1. The van der Waals surface area contributed by atoms with E-state index in [2.05, 4.69) is 10.3 Å². The molecular formula is C10H14ClN3O. The van der Waals surface area contributed by atoms with Crippen molar-refractivity contribution in [3.8, 4) is 0 Å². The normalized spacial score (nSPS) is 17.5. The first-order chi connectivity index (χ1) is 7.24. The molecule has 0 aromatic carbocycles. The number of imidazole rings is 1. The van der Waals surface area contributed by atoms with E-state index in [1.54, 1.807) is 12.5 Å². The third kappa shape index (κ3) is 2.15. The van der Waals surface area contributed by atoms with Crippen molar-refractivity contribution in [1.29, 1.82) is 0 Å². The van der Waals surface area contributed by atoms with Crippen LogP contribution < -0.4 is 5.32 Å². The summed E-state index contributed by atoms with van der Waals surface area (Å²) in [5, 5.41) is 2.08. The fourth-order valence-electron chi connectivity index (χ4n) is 1.57. The number of nitrogens with zero attached hydrogens (tertiary/aromatic N) is 2. The van der Waals surface area contributed by atoms with Gasteiger partial charge in [0.25, 0.3) is 0 Å². The fraction of sp³-hybridized carbons (Fsp3) is 0.600. The summed E-state index contributed by atoms with van der Waals surface area (Å²) < 4.78 is 2.01. The van der Waals surface area contributed by atoms with E-state index in [0.29, 0.717) is 12.6 Å². The number of carbonyl (C=O) groups excluding carboxylic acids is 1. The second-order valence-corrected chi connectivity index (χ2v) is 4.15. The van der Waals surface area contributed by atoms with Crippen LogP contribution in [-0.4, -0.2) is 22.0 Å². The summed E-state index contributed by atoms with van der Waals surface area (Å²) >= 11 is 6.08. The van der Waals surface area contributed by atoms with Crippen LogP contribution in [0.1, 0.15) is 36.9 Å². The fourth-order valence-corrected chi connectivity index (χ4v) is 1.81. The van der Waals surface area contributed by atoms with Crippen LogP contribution >= 0.6 is 11.6 Å². The van der Waals surface area contributed by atoms with Crippen LogP contribution in [0.4, 0.5) is 0 Å². The highest BCUT2D eigenvalue weighted by Gasteiger charge is 2.29. The van der Waals surface area contributed by atoms with Crippen molar-refractivity contribution in [3.05, 3.63) is 18.2 Å². The van der Waals surface area contributed by atoms with Gasteiger partial charge < -0.3 is 9.88 Å². The van der Waals surface area contributed by atoms with Crippen molar-refractivity contribution < 1.29 is 4.79 Å². The van der Waals surface area contributed by atoms with Crippen molar-refractivity contribution in [2.45, 2.75) is 31.2 Å². The Morgan fingerprint density at radius 1 is 1.80 bits per heavy atom. The van der Waals surface area contributed by atoms with Gasteiger partial charge in [-0.15, -0.1) is 11.6 Å². The van der Waals surface area contributed by atoms with Crippen molar-refractivity contribution in [1.82, 2.24) is 14.9 Å². The summed E-state index contributed by atoms with van der Waals surface area (Å²) in [6.07, 6.45) is 5.73. The Hall–Kier alpha value is -1.03. The van der Waals surface area contributed by atoms with E-state index < -0.39 is 5.38 Å². The zero-order valence-electron chi connectivity index (χ0n) is 8.61. The van der Waals surface area contributed by atoms with Crippen LogP contribution in [0.25, 0.3) is 0 Å². The molecule has 0 radical (unpaired) electrons. The first-order valence-electron chi connectivity index (χ1n) is 5.17. The second-order valence-electron chi connectivity index (χ2n) is 3.71. The number of rotatable bonds is 4. The summed E-state index contributed by atoms with van der Waals surface area (Å²) in [7, 11) is 0. The van der Waals surface area contributed by atoms with Gasteiger partial charge in [0, 0.05) is 12.6 Å². The van der Waals surface area contributed by atoms with Crippen molar-refractivity contribution >= 4 is 17.5 Å². The summed E-state index contributed by atoms with van der Waals surface area (Å²) in [6.45, 7) is 2.47. The SMILES string of the molecule is CCNC(=O)C(Cl)c1cncn1C1CC1. The third-order valence-corrected chi connectivity index (χ3v) is 2.90. The molecule has 4 nitrogen and oxygen atoms in total. The lowest BCUT2D eigenvalue weighted by Gasteiger charge is -2.11. The molecule has 1 aromatic rings. The largest absolute Gasteiger partial charge is 0.355 e. The van der Waals surface area contributed by atoms with Crippen LogP contribution in [0.2, 0.25) is 0 Å². The minimum Gasteiger partial charge on any atom is -0.355 e. The Kier molecular flexibility index (Phi) is 2.95. The lowest BCUT2D eigenvalue weighted by atomic mass is 10.3. The minimum atomic E-state index is -0.631. The Morgan fingerprint density at radius 2 is 2.53 bits per heavy atom. The Balaban J connectivity index is 2.13. The zero-order chi connectivity index (χ0) is 10.8. The Morgan fingerprint density at radius 3 is 3.13 bits per heavy atom. The van der Waals surface area contributed by atoms with E-state index in [9.17, 15) is 4.79 Å². The molecule has 0 bridgehead atoms. The first-order valence-corrected chi connectivity index (χ1v) is 5.61. The monoisotopic (exact) mass is 227 g/mol. The molecule has 1 amide bonds. The quantitative estimate of drug-likeness (QED) is 0.795. The van der Waals surface area contributed by atoms with E-state index in [1.807, 2.05) is 11.5 Å². The summed E-state index contributed by atoms with van der Waals surface area (Å²) in [6, 6.07) is 0.498. The number of carbonyl (C=O) groups is 1. The van der Waals surface area contributed by atoms with Crippen molar-refractivity contribution in [2.24, 2.45) is 0 Å². The van der Waals surface area contributed by atoms with Gasteiger partial charge in [-0.05, 0) is 19.8 Å². The maximum absolute atomic E-state index is 11.6. The number of hydrogen-bond acceptors (Lipinski definition) is 2. The van der Waals surface area contributed by atoms with Crippen LogP contribution in [0.5, 0.6) is 0 Å². The van der Waals surface area contributed by atoms with E-state index in [0.717, 1.165) is 18.5 Å². The molecule has 1 N–H and O–H groups in total. The molecule has 2 rings (SSSR count). The maximum Gasteiger partial charge on any atom is 0.244 e. The number of hydrogen-bond donors (Lipinski definition) is 1. The third-order valence-electron chi connectivity index (χ3n) is 2.48. The van der Waals surface area contributed by atoms with Gasteiger partial charge in [-0.3, -0.25) is 4.79 Å². The van der Waals surface area contributed by atoms with E-state index in [1.165, 1.54) is 0 Å². The number of halogens is 1. The molecule has 82 valence electrons. The molecule has 0 aliphatic heterocycles. The minimum absolute atomic E-state index is 0.151. The molecule has 15 heavy (non-hydrogen) atoms. The highest BCUT2D eigenvalue weighted by molar-refractivity contribution is 6.30. The molecule has 1 unspecified atom stereocenters. The van der Waals surface area contributed by atoms with Crippen LogP contribution in [0, 0.1) is 0 Å². The lowest BCUT2D eigenvalue weighted by molar-refractivity contribution is -0.120.